The van der Waals surface area contributed by atoms with E-state index >= 15 is 0 Å². The van der Waals surface area contributed by atoms with Crippen molar-refractivity contribution in [2.45, 2.75) is 19.8 Å². The number of benzene rings is 2. The van der Waals surface area contributed by atoms with Crippen LogP contribution in [0.5, 0.6) is 11.5 Å². The Morgan fingerprint density at radius 2 is 2.16 bits per heavy atom. The lowest BCUT2D eigenvalue weighted by atomic mass is 10.00. The second kappa shape index (κ2) is 5.57. The summed E-state index contributed by atoms with van der Waals surface area (Å²) in [6.07, 6.45) is 3.03. The molecule has 1 N–H and O–H groups in total. The van der Waals surface area contributed by atoms with Crippen molar-refractivity contribution >= 4 is 16.7 Å². The maximum atomic E-state index is 11.3. The predicted molar refractivity (Wildman–Crippen MR) is 75.4 cm³/mol. The van der Waals surface area contributed by atoms with Crippen LogP contribution in [0.15, 0.2) is 43.0 Å². The minimum absolute atomic E-state index is 0.113. The largest absolute Gasteiger partial charge is 0.507 e. The van der Waals surface area contributed by atoms with E-state index in [1.807, 2.05) is 18.2 Å². The zero-order valence-electron chi connectivity index (χ0n) is 10.8. The molecule has 3 nitrogen and oxygen atoms in total. The minimum Gasteiger partial charge on any atom is -0.507 e. The summed E-state index contributed by atoms with van der Waals surface area (Å²) in [5, 5.41) is 11.5. The third kappa shape index (κ3) is 2.60. The highest BCUT2D eigenvalue weighted by molar-refractivity contribution is 5.98. The summed E-state index contributed by atoms with van der Waals surface area (Å²) in [5.41, 5.74) is 1.13. The van der Waals surface area contributed by atoms with Gasteiger partial charge in [0.05, 0.1) is 5.39 Å². The van der Waals surface area contributed by atoms with Crippen molar-refractivity contribution in [3.8, 4) is 11.5 Å². The van der Waals surface area contributed by atoms with Crippen molar-refractivity contribution in [1.29, 1.82) is 0 Å². The fourth-order valence-corrected chi connectivity index (χ4v) is 2.14. The molecule has 0 aromatic heterocycles. The van der Waals surface area contributed by atoms with Crippen LogP contribution >= 0.6 is 0 Å². The third-order valence-corrected chi connectivity index (χ3v) is 2.97. The molecule has 19 heavy (non-hydrogen) atoms. The van der Waals surface area contributed by atoms with Crippen molar-refractivity contribution in [3.05, 3.63) is 48.6 Å². The lowest BCUT2D eigenvalue weighted by Gasteiger charge is -2.11. The number of hydrogen-bond donors (Lipinski definition) is 1. The number of hydrogen-bond acceptors (Lipinski definition) is 3. The van der Waals surface area contributed by atoms with Crippen LogP contribution in [0.1, 0.15) is 18.9 Å². The molecular weight excluding hydrogens is 240 g/mol. The molecule has 0 bridgehead atoms. The standard InChI is InChI=1S/C16H16O3/c1-3-6-11-9-10-13(17)16-12(11)7-5-8-14(16)19-15(18)4-2/h4-5,7-10,17H,2-3,6H2,1H3. The Hall–Kier alpha value is -2.29. The highest BCUT2D eigenvalue weighted by Crippen LogP contribution is 2.35. The summed E-state index contributed by atoms with van der Waals surface area (Å²) in [4.78, 5) is 11.3. The fourth-order valence-electron chi connectivity index (χ4n) is 2.14. The van der Waals surface area contributed by atoms with Gasteiger partial charge in [0.2, 0.25) is 0 Å². The number of esters is 1. The van der Waals surface area contributed by atoms with E-state index in [0.29, 0.717) is 11.1 Å². The van der Waals surface area contributed by atoms with Gasteiger partial charge in [0.1, 0.15) is 11.5 Å². The molecule has 3 heteroatoms. The smallest absolute Gasteiger partial charge is 0.335 e. The number of rotatable bonds is 4. The first-order valence-corrected chi connectivity index (χ1v) is 6.25. The van der Waals surface area contributed by atoms with Crippen molar-refractivity contribution < 1.29 is 14.6 Å². The second-order valence-electron chi connectivity index (χ2n) is 4.30. The van der Waals surface area contributed by atoms with Crippen LogP contribution in [-0.2, 0) is 11.2 Å². The molecule has 0 spiro atoms. The van der Waals surface area contributed by atoms with E-state index in [9.17, 15) is 9.90 Å². The average molecular weight is 256 g/mol. The van der Waals surface area contributed by atoms with Crippen LogP contribution < -0.4 is 4.74 Å². The fraction of sp³-hybridized carbons (Fsp3) is 0.188. The Labute approximate surface area is 112 Å². The number of carbonyl (C=O) groups is 1. The number of carbonyl (C=O) groups excluding carboxylic acids is 1. The summed E-state index contributed by atoms with van der Waals surface area (Å²) >= 11 is 0. The summed E-state index contributed by atoms with van der Waals surface area (Å²) in [7, 11) is 0. The number of fused-ring (bicyclic) bond motifs is 1. The van der Waals surface area contributed by atoms with Gasteiger partial charge in [-0.3, -0.25) is 0 Å². The molecule has 2 aromatic rings. The minimum atomic E-state index is -0.534. The van der Waals surface area contributed by atoms with Gasteiger partial charge in [0, 0.05) is 6.08 Å². The van der Waals surface area contributed by atoms with E-state index in [0.717, 1.165) is 29.9 Å². The molecule has 0 radical (unpaired) electrons. The van der Waals surface area contributed by atoms with Crippen molar-refractivity contribution in [3.63, 3.8) is 0 Å². The first-order valence-electron chi connectivity index (χ1n) is 6.25. The predicted octanol–water partition coefficient (Wildman–Crippen LogP) is 3.59. The van der Waals surface area contributed by atoms with Gasteiger partial charge in [-0.2, -0.15) is 0 Å². The highest BCUT2D eigenvalue weighted by Gasteiger charge is 2.12. The van der Waals surface area contributed by atoms with Gasteiger partial charge in [-0.25, -0.2) is 4.79 Å². The maximum Gasteiger partial charge on any atom is 0.335 e. The third-order valence-electron chi connectivity index (χ3n) is 2.97. The SMILES string of the molecule is C=CC(=O)Oc1cccc2c(CCC)ccc(O)c12. The molecule has 0 saturated heterocycles. The Morgan fingerprint density at radius 1 is 1.37 bits per heavy atom. The molecule has 0 aliphatic rings. The van der Waals surface area contributed by atoms with E-state index in [1.165, 1.54) is 0 Å². The number of ether oxygens (including phenoxy) is 1. The molecule has 2 aromatic carbocycles. The zero-order valence-corrected chi connectivity index (χ0v) is 10.8. The van der Waals surface area contributed by atoms with Crippen LogP contribution in [0, 0.1) is 0 Å². The van der Waals surface area contributed by atoms with E-state index in [1.54, 1.807) is 12.1 Å². The van der Waals surface area contributed by atoms with Gasteiger partial charge in [0.25, 0.3) is 0 Å². The van der Waals surface area contributed by atoms with E-state index in [2.05, 4.69) is 13.5 Å². The van der Waals surface area contributed by atoms with E-state index in [4.69, 9.17) is 4.74 Å². The van der Waals surface area contributed by atoms with Crippen LogP contribution in [-0.4, -0.2) is 11.1 Å². The molecule has 2 rings (SSSR count). The average Bonchev–Trinajstić information content (AvgIpc) is 2.42. The monoisotopic (exact) mass is 256 g/mol. The Kier molecular flexibility index (Phi) is 3.85. The molecule has 0 aliphatic heterocycles. The first-order chi connectivity index (χ1) is 9.17. The molecule has 0 amide bonds. The van der Waals surface area contributed by atoms with Gasteiger partial charge >= 0.3 is 5.97 Å². The van der Waals surface area contributed by atoms with Crippen LogP contribution in [0.2, 0.25) is 0 Å². The molecule has 0 heterocycles. The molecule has 98 valence electrons. The zero-order chi connectivity index (χ0) is 13.8. The Bertz CT molecular complexity index is 629. The summed E-state index contributed by atoms with van der Waals surface area (Å²) < 4.78 is 5.17. The number of aryl methyl sites for hydroxylation is 1. The quantitative estimate of drug-likeness (QED) is 0.516. The summed E-state index contributed by atoms with van der Waals surface area (Å²) in [6, 6.07) is 8.94. The molecule has 0 saturated carbocycles. The van der Waals surface area contributed by atoms with Crippen LogP contribution in [0.3, 0.4) is 0 Å². The molecular formula is C16H16O3. The van der Waals surface area contributed by atoms with E-state index in [-0.39, 0.29) is 5.75 Å². The number of aromatic hydroxyl groups is 1. The normalized spacial score (nSPS) is 10.4. The number of phenolic OH excluding ortho intramolecular Hbond substituents is 1. The van der Waals surface area contributed by atoms with Gasteiger partial charge in [-0.15, -0.1) is 0 Å². The maximum absolute atomic E-state index is 11.3. The molecule has 0 unspecified atom stereocenters. The lowest BCUT2D eigenvalue weighted by Crippen LogP contribution is -2.03. The number of phenols is 1. The van der Waals surface area contributed by atoms with Gasteiger partial charge < -0.3 is 9.84 Å². The van der Waals surface area contributed by atoms with Crippen molar-refractivity contribution in [2.75, 3.05) is 0 Å². The second-order valence-corrected chi connectivity index (χ2v) is 4.30. The Morgan fingerprint density at radius 3 is 2.84 bits per heavy atom. The van der Waals surface area contributed by atoms with Gasteiger partial charge in [-0.05, 0) is 29.5 Å². The Balaban J connectivity index is 2.63. The lowest BCUT2D eigenvalue weighted by molar-refractivity contribution is -0.128. The van der Waals surface area contributed by atoms with E-state index < -0.39 is 5.97 Å². The van der Waals surface area contributed by atoms with Gasteiger partial charge in [-0.1, -0.05) is 38.1 Å². The van der Waals surface area contributed by atoms with Crippen LogP contribution in [0.25, 0.3) is 10.8 Å². The topological polar surface area (TPSA) is 46.5 Å². The van der Waals surface area contributed by atoms with Gasteiger partial charge in [0.15, 0.2) is 0 Å². The summed E-state index contributed by atoms with van der Waals surface area (Å²) in [6.45, 7) is 5.47. The molecule has 0 atom stereocenters. The van der Waals surface area contributed by atoms with Crippen LogP contribution in [0.4, 0.5) is 0 Å². The summed E-state index contributed by atoms with van der Waals surface area (Å²) in [5.74, 6) is -0.0621. The molecule has 0 fully saturated rings. The first kappa shape index (κ1) is 13.1. The van der Waals surface area contributed by atoms with Crippen molar-refractivity contribution in [1.82, 2.24) is 0 Å². The highest BCUT2D eigenvalue weighted by atomic mass is 16.5. The molecule has 0 aliphatic carbocycles. The van der Waals surface area contributed by atoms with Crippen molar-refractivity contribution in [2.24, 2.45) is 0 Å².